The molecule has 1 aliphatic heterocycles. The van der Waals surface area contributed by atoms with E-state index >= 15 is 4.39 Å². The van der Waals surface area contributed by atoms with Crippen LogP contribution in [0, 0.1) is 17.0 Å². The Morgan fingerprint density at radius 2 is 1.62 bits per heavy atom. The summed E-state index contributed by atoms with van der Waals surface area (Å²) in [5.74, 6) is -3.56. The van der Waals surface area contributed by atoms with Crippen molar-refractivity contribution in [1.82, 2.24) is 9.88 Å². The van der Waals surface area contributed by atoms with Crippen LogP contribution in [0.2, 0.25) is 0 Å². The van der Waals surface area contributed by atoms with Crippen molar-refractivity contribution in [3.8, 4) is 17.0 Å². The molecule has 0 saturated carbocycles. The van der Waals surface area contributed by atoms with Crippen LogP contribution in [-0.2, 0) is 21.8 Å². The van der Waals surface area contributed by atoms with Crippen molar-refractivity contribution < 1.29 is 58.9 Å². The summed E-state index contributed by atoms with van der Waals surface area (Å²) >= 11 is 0. The van der Waals surface area contributed by atoms with Gasteiger partial charge in [0.25, 0.3) is 0 Å². The fourth-order valence-corrected chi connectivity index (χ4v) is 6.40. The third-order valence-corrected chi connectivity index (χ3v) is 9.04. The van der Waals surface area contributed by atoms with Crippen molar-refractivity contribution in [1.29, 1.82) is 0 Å². The van der Waals surface area contributed by atoms with Gasteiger partial charge in [0.05, 0.1) is 48.8 Å². The van der Waals surface area contributed by atoms with Gasteiger partial charge < -0.3 is 14.2 Å². The number of nitrogens with zero attached hydrogens (tertiary/aromatic N) is 2. The molecule has 1 aromatic heterocycles. The van der Waals surface area contributed by atoms with Crippen molar-refractivity contribution in [2.24, 2.45) is 5.41 Å². The van der Waals surface area contributed by atoms with E-state index in [0.717, 1.165) is 13.2 Å². The van der Waals surface area contributed by atoms with E-state index in [9.17, 15) is 40.3 Å². The molecule has 5 rings (SSSR count). The van der Waals surface area contributed by atoms with E-state index in [2.05, 4.69) is 9.72 Å². The number of carbonyl (C=O) groups is 2. The molecule has 2 atom stereocenters. The lowest BCUT2D eigenvalue weighted by atomic mass is 9.72. The van der Waals surface area contributed by atoms with Crippen molar-refractivity contribution in [2.45, 2.75) is 64.5 Å². The molecule has 1 fully saturated rings. The molecule has 2 heterocycles. The summed E-state index contributed by atoms with van der Waals surface area (Å²) < 4.78 is 127. The zero-order valence-corrected chi connectivity index (χ0v) is 27.5. The molecule has 7 nitrogen and oxygen atoms in total. The molecule has 15 heteroatoms. The number of hydrogen-bond donors (Lipinski definition) is 0. The molecule has 50 heavy (non-hydrogen) atoms. The molecule has 0 N–H and O–H groups in total. The number of esters is 1. The molecule has 3 aromatic rings. The van der Waals surface area contributed by atoms with E-state index in [4.69, 9.17) is 9.47 Å². The second-order valence-electron chi connectivity index (χ2n) is 13.0. The number of aromatic nitrogens is 1. The standard InChI is InChI=1S/C35H32F8N2O5/c1-17-30(18-10-20(34(38,39)40)12-21(11-18)35(41,42)43)50-32(47)45(17)16-19-14-33(2,3)9-8-22(19)25-13-26(44-15-27(25)48-4)23-6-7-24(31(46)49-5)29(37)28(23)36/h6-7,10-13,15,17,30H,8-9,14,16H2,1-5H3/t17-,30-/m0/s1. The quantitative estimate of drug-likeness (QED) is 0.180. The maximum atomic E-state index is 15.2. The van der Waals surface area contributed by atoms with E-state index in [1.54, 1.807) is 0 Å². The number of ether oxygens (including phenoxy) is 3. The zero-order valence-electron chi connectivity index (χ0n) is 27.5. The highest BCUT2D eigenvalue weighted by atomic mass is 19.4. The Morgan fingerprint density at radius 1 is 0.980 bits per heavy atom. The second kappa shape index (κ2) is 13.2. The summed E-state index contributed by atoms with van der Waals surface area (Å²) in [5.41, 5.74) is -2.83. The third-order valence-electron chi connectivity index (χ3n) is 9.04. The minimum atomic E-state index is -5.09. The number of allylic oxidation sites excluding steroid dienone is 1. The summed E-state index contributed by atoms with van der Waals surface area (Å²) in [4.78, 5) is 30.6. The lowest BCUT2D eigenvalue weighted by Gasteiger charge is -2.36. The SMILES string of the molecule is COC(=O)c1ccc(-c2cc(C3=C(CN4C(=O)O[C@H](c5cc(C(F)(F)F)cc(C(F)(F)F)c5)[C@@H]4C)CC(C)(C)CC3)c(OC)cn2)c(F)c1F. The Balaban J connectivity index is 1.56. The average molecular weight is 713 g/mol. The molecule has 1 saturated heterocycles. The summed E-state index contributed by atoms with van der Waals surface area (Å²) in [6.07, 6.45) is -9.72. The molecule has 2 aliphatic rings. The van der Waals surface area contributed by atoms with Crippen LogP contribution in [-0.4, -0.2) is 48.8 Å². The van der Waals surface area contributed by atoms with Crippen LogP contribution in [0.25, 0.3) is 16.8 Å². The van der Waals surface area contributed by atoms with Crippen LogP contribution in [0.3, 0.4) is 0 Å². The second-order valence-corrected chi connectivity index (χ2v) is 13.0. The highest BCUT2D eigenvalue weighted by Crippen LogP contribution is 2.47. The topological polar surface area (TPSA) is 78.0 Å². The molecular weight excluding hydrogens is 680 g/mol. The number of carbonyl (C=O) groups excluding carboxylic acids is 2. The number of alkyl halides is 6. The van der Waals surface area contributed by atoms with Gasteiger partial charge in [0.2, 0.25) is 0 Å². The molecule has 0 unspecified atom stereocenters. The van der Waals surface area contributed by atoms with E-state index in [-0.39, 0.29) is 35.0 Å². The molecule has 0 bridgehead atoms. The number of rotatable bonds is 7. The van der Waals surface area contributed by atoms with Gasteiger partial charge in [-0.25, -0.2) is 18.4 Å². The fourth-order valence-electron chi connectivity index (χ4n) is 6.40. The minimum absolute atomic E-state index is 0.00401. The van der Waals surface area contributed by atoms with Crippen molar-refractivity contribution in [2.75, 3.05) is 20.8 Å². The average Bonchev–Trinajstić information content (AvgIpc) is 3.32. The van der Waals surface area contributed by atoms with Gasteiger partial charge in [-0.15, -0.1) is 0 Å². The Labute approximate surface area is 281 Å². The highest BCUT2D eigenvalue weighted by Gasteiger charge is 2.44. The highest BCUT2D eigenvalue weighted by molar-refractivity contribution is 5.90. The smallest absolute Gasteiger partial charge is 0.416 e. The van der Waals surface area contributed by atoms with Gasteiger partial charge in [0.15, 0.2) is 11.6 Å². The lowest BCUT2D eigenvalue weighted by molar-refractivity contribution is -0.143. The number of methoxy groups -OCH3 is 2. The Morgan fingerprint density at radius 3 is 2.20 bits per heavy atom. The van der Waals surface area contributed by atoms with E-state index in [1.807, 2.05) is 13.8 Å². The molecule has 1 aliphatic carbocycles. The Bertz CT molecular complexity index is 1840. The van der Waals surface area contributed by atoms with Crippen LogP contribution in [0.1, 0.15) is 78.7 Å². The van der Waals surface area contributed by atoms with Crippen LogP contribution in [0.5, 0.6) is 5.75 Å². The summed E-state index contributed by atoms with van der Waals surface area (Å²) in [6, 6.07) is 3.85. The van der Waals surface area contributed by atoms with Crippen LogP contribution < -0.4 is 4.74 Å². The number of hydrogen-bond acceptors (Lipinski definition) is 6. The van der Waals surface area contributed by atoms with Crippen molar-refractivity contribution in [3.63, 3.8) is 0 Å². The monoisotopic (exact) mass is 712 g/mol. The van der Waals surface area contributed by atoms with E-state index < -0.39 is 70.4 Å². The van der Waals surface area contributed by atoms with Gasteiger partial charge in [-0.2, -0.15) is 26.3 Å². The van der Waals surface area contributed by atoms with Crippen LogP contribution in [0.15, 0.2) is 48.2 Å². The van der Waals surface area contributed by atoms with Crippen molar-refractivity contribution in [3.05, 3.63) is 87.6 Å². The Kier molecular flexibility index (Phi) is 9.67. The third kappa shape index (κ3) is 7.13. The molecule has 0 spiro atoms. The van der Waals surface area contributed by atoms with E-state index in [0.29, 0.717) is 48.1 Å². The molecular formula is C35H32F8N2O5. The zero-order chi connectivity index (χ0) is 36.9. The summed E-state index contributed by atoms with van der Waals surface area (Å²) in [6.45, 7) is 5.36. The number of amides is 1. The Hall–Kier alpha value is -4.69. The number of cyclic esters (lactones) is 1. The molecule has 268 valence electrons. The summed E-state index contributed by atoms with van der Waals surface area (Å²) in [7, 11) is 2.41. The summed E-state index contributed by atoms with van der Waals surface area (Å²) in [5, 5.41) is 0. The first-order chi connectivity index (χ1) is 23.3. The maximum absolute atomic E-state index is 15.2. The first-order valence-corrected chi connectivity index (χ1v) is 15.3. The van der Waals surface area contributed by atoms with E-state index in [1.165, 1.54) is 37.3 Å². The molecule has 2 aromatic carbocycles. The first-order valence-electron chi connectivity index (χ1n) is 15.3. The molecule has 0 radical (unpaired) electrons. The van der Waals surface area contributed by atoms with Gasteiger partial charge >= 0.3 is 24.4 Å². The predicted molar refractivity (Wildman–Crippen MR) is 164 cm³/mol. The number of halogens is 8. The minimum Gasteiger partial charge on any atom is -0.495 e. The van der Waals surface area contributed by atoms with Crippen molar-refractivity contribution >= 4 is 17.6 Å². The van der Waals surface area contributed by atoms with Gasteiger partial charge in [-0.3, -0.25) is 9.88 Å². The first kappa shape index (κ1) is 36.6. The number of benzene rings is 2. The van der Waals surface area contributed by atoms with Gasteiger partial charge in [0.1, 0.15) is 11.9 Å². The molecule has 1 amide bonds. The van der Waals surface area contributed by atoms with Crippen LogP contribution in [0.4, 0.5) is 39.9 Å². The van der Waals surface area contributed by atoms with Gasteiger partial charge in [0, 0.05) is 17.7 Å². The van der Waals surface area contributed by atoms with Gasteiger partial charge in [-0.1, -0.05) is 13.8 Å². The number of pyridine rings is 1. The van der Waals surface area contributed by atoms with Crippen LogP contribution >= 0.6 is 0 Å². The fraction of sp³-hybridized carbons (Fsp3) is 0.400. The largest absolute Gasteiger partial charge is 0.495 e. The lowest BCUT2D eigenvalue weighted by Crippen LogP contribution is -2.35. The predicted octanol–water partition coefficient (Wildman–Crippen LogP) is 9.41. The maximum Gasteiger partial charge on any atom is 0.416 e. The normalized spacial score (nSPS) is 19.5. The van der Waals surface area contributed by atoms with Gasteiger partial charge in [-0.05, 0) is 84.7 Å².